The van der Waals surface area contributed by atoms with Crippen molar-refractivity contribution >= 4 is 31.8 Å². The van der Waals surface area contributed by atoms with Crippen LogP contribution in [-0.2, 0) is 23.2 Å². The molecule has 2 N–H and O–H groups in total. The van der Waals surface area contributed by atoms with Gasteiger partial charge in [-0.2, -0.15) is 0 Å². The fourth-order valence-electron chi connectivity index (χ4n) is 1.90. The van der Waals surface area contributed by atoms with Crippen LogP contribution in [0.4, 0.5) is 5.82 Å². The van der Waals surface area contributed by atoms with E-state index in [-0.39, 0.29) is 17.3 Å². The first-order chi connectivity index (χ1) is 9.97. The standard InChI is InChI=1S/C13H16BrN3O3S/c1-2-6-17-8-11(7-10(17)9-18)21(19,20)16-13-12(14)4-3-5-15-13/h3-5,7-8,18H,2,6,9H2,1H3,(H,15,16). The monoisotopic (exact) mass is 373 g/mol. The Balaban J connectivity index is 2.34. The molecule has 0 radical (unpaired) electrons. The molecule has 8 heteroatoms. The maximum absolute atomic E-state index is 12.4. The topological polar surface area (TPSA) is 84.2 Å². The van der Waals surface area contributed by atoms with E-state index in [4.69, 9.17) is 0 Å². The Kier molecular flexibility index (Phi) is 5.02. The maximum atomic E-state index is 12.4. The third-order valence-electron chi connectivity index (χ3n) is 2.89. The van der Waals surface area contributed by atoms with E-state index in [0.29, 0.717) is 16.7 Å². The number of rotatable bonds is 6. The lowest BCUT2D eigenvalue weighted by molar-refractivity contribution is 0.270. The van der Waals surface area contributed by atoms with Crippen LogP contribution in [0.15, 0.2) is 40.0 Å². The normalized spacial score (nSPS) is 11.6. The molecule has 0 fully saturated rings. The van der Waals surface area contributed by atoms with Crippen molar-refractivity contribution in [1.82, 2.24) is 9.55 Å². The molecule has 0 spiro atoms. The molecule has 0 aliphatic carbocycles. The van der Waals surface area contributed by atoms with Crippen molar-refractivity contribution in [3.63, 3.8) is 0 Å². The van der Waals surface area contributed by atoms with Gasteiger partial charge in [0.15, 0.2) is 5.82 Å². The largest absolute Gasteiger partial charge is 0.390 e. The van der Waals surface area contributed by atoms with Crippen LogP contribution in [0.1, 0.15) is 19.0 Å². The van der Waals surface area contributed by atoms with Crippen molar-refractivity contribution in [3.8, 4) is 0 Å². The first kappa shape index (κ1) is 16.0. The highest BCUT2D eigenvalue weighted by molar-refractivity contribution is 9.10. The number of sulfonamides is 1. The Morgan fingerprint density at radius 3 is 2.86 bits per heavy atom. The molecule has 114 valence electrons. The lowest BCUT2D eigenvalue weighted by atomic mass is 10.4. The van der Waals surface area contributed by atoms with Crippen LogP contribution >= 0.6 is 15.9 Å². The van der Waals surface area contributed by atoms with Gasteiger partial charge in [0, 0.05) is 24.6 Å². The lowest BCUT2D eigenvalue weighted by Gasteiger charge is -2.07. The second-order valence-electron chi connectivity index (χ2n) is 4.46. The number of aliphatic hydroxyl groups is 1. The maximum Gasteiger partial charge on any atom is 0.264 e. The number of aryl methyl sites for hydroxylation is 1. The third kappa shape index (κ3) is 3.63. The molecule has 0 aromatic carbocycles. The quantitative estimate of drug-likeness (QED) is 0.813. The molecule has 0 unspecified atom stereocenters. The van der Waals surface area contributed by atoms with Crippen LogP contribution in [0.3, 0.4) is 0 Å². The molecule has 2 heterocycles. The highest BCUT2D eigenvalue weighted by Crippen LogP contribution is 2.23. The molecular weight excluding hydrogens is 358 g/mol. The Labute approximate surface area is 132 Å². The van der Waals surface area contributed by atoms with Crippen molar-refractivity contribution in [2.45, 2.75) is 31.4 Å². The van der Waals surface area contributed by atoms with Crippen LogP contribution in [0.5, 0.6) is 0 Å². The summed E-state index contributed by atoms with van der Waals surface area (Å²) in [6, 6.07) is 4.87. The van der Waals surface area contributed by atoms with Crippen molar-refractivity contribution in [1.29, 1.82) is 0 Å². The molecule has 0 aliphatic heterocycles. The molecule has 0 aliphatic rings. The van der Waals surface area contributed by atoms with Gasteiger partial charge in [0.2, 0.25) is 0 Å². The minimum atomic E-state index is -3.74. The number of anilines is 1. The van der Waals surface area contributed by atoms with Gasteiger partial charge in [0.1, 0.15) is 4.90 Å². The van der Waals surface area contributed by atoms with E-state index in [1.165, 1.54) is 18.5 Å². The number of halogens is 1. The number of nitrogens with one attached hydrogen (secondary N) is 1. The van der Waals surface area contributed by atoms with E-state index in [9.17, 15) is 13.5 Å². The summed E-state index contributed by atoms with van der Waals surface area (Å²) in [4.78, 5) is 4.09. The van der Waals surface area contributed by atoms with E-state index in [1.54, 1.807) is 16.7 Å². The summed E-state index contributed by atoms with van der Waals surface area (Å²) in [5.74, 6) is 0.228. The molecule has 2 rings (SSSR count). The first-order valence-corrected chi connectivity index (χ1v) is 8.68. The highest BCUT2D eigenvalue weighted by atomic mass is 79.9. The van der Waals surface area contributed by atoms with Gasteiger partial charge in [0.05, 0.1) is 11.1 Å². The zero-order valence-electron chi connectivity index (χ0n) is 11.5. The average Bonchev–Trinajstić information content (AvgIpc) is 2.86. The summed E-state index contributed by atoms with van der Waals surface area (Å²) in [5, 5.41) is 9.30. The van der Waals surface area contributed by atoms with Crippen LogP contribution in [0.25, 0.3) is 0 Å². The van der Waals surface area contributed by atoms with Crippen molar-refractivity contribution < 1.29 is 13.5 Å². The minimum Gasteiger partial charge on any atom is -0.390 e. The van der Waals surface area contributed by atoms with Gasteiger partial charge in [0.25, 0.3) is 10.0 Å². The van der Waals surface area contributed by atoms with Crippen molar-refractivity contribution in [2.24, 2.45) is 0 Å². The van der Waals surface area contributed by atoms with Gasteiger partial charge < -0.3 is 9.67 Å². The summed E-state index contributed by atoms with van der Waals surface area (Å²) in [5.41, 5.74) is 0.567. The molecular formula is C13H16BrN3O3S. The number of hydrogen-bond acceptors (Lipinski definition) is 4. The second kappa shape index (κ2) is 6.59. The number of aromatic nitrogens is 2. The zero-order valence-corrected chi connectivity index (χ0v) is 13.9. The molecule has 2 aromatic heterocycles. The summed E-state index contributed by atoms with van der Waals surface area (Å²) in [6.07, 6.45) is 3.87. The van der Waals surface area contributed by atoms with Crippen LogP contribution in [-0.4, -0.2) is 23.1 Å². The third-order valence-corrected chi connectivity index (χ3v) is 4.83. The van der Waals surface area contributed by atoms with E-state index in [0.717, 1.165) is 6.42 Å². The van der Waals surface area contributed by atoms with Crippen LogP contribution in [0, 0.1) is 0 Å². The molecule has 0 amide bonds. The van der Waals surface area contributed by atoms with Crippen molar-refractivity contribution in [2.75, 3.05) is 4.72 Å². The van der Waals surface area contributed by atoms with Gasteiger partial charge in [-0.15, -0.1) is 0 Å². The van der Waals surface area contributed by atoms with Gasteiger partial charge in [-0.05, 0) is 40.5 Å². The summed E-state index contributed by atoms with van der Waals surface area (Å²) >= 11 is 3.25. The lowest BCUT2D eigenvalue weighted by Crippen LogP contribution is -2.13. The first-order valence-electron chi connectivity index (χ1n) is 6.41. The number of nitrogens with zero attached hydrogens (tertiary/aromatic N) is 2. The fourth-order valence-corrected chi connectivity index (χ4v) is 3.48. The average molecular weight is 374 g/mol. The predicted molar refractivity (Wildman–Crippen MR) is 83.4 cm³/mol. The van der Waals surface area contributed by atoms with E-state index < -0.39 is 10.0 Å². The molecule has 6 nitrogen and oxygen atoms in total. The zero-order chi connectivity index (χ0) is 15.5. The molecule has 0 saturated carbocycles. The molecule has 2 aromatic rings. The van der Waals surface area contributed by atoms with Crippen LogP contribution in [0.2, 0.25) is 0 Å². The fraction of sp³-hybridized carbons (Fsp3) is 0.308. The Hall–Kier alpha value is -1.38. The van der Waals surface area contributed by atoms with Gasteiger partial charge in [-0.1, -0.05) is 6.92 Å². The highest BCUT2D eigenvalue weighted by Gasteiger charge is 2.19. The van der Waals surface area contributed by atoms with Gasteiger partial charge >= 0.3 is 0 Å². The number of aliphatic hydroxyl groups excluding tert-OH is 1. The Bertz CT molecular complexity index is 728. The van der Waals surface area contributed by atoms with Gasteiger partial charge in [-0.3, -0.25) is 4.72 Å². The summed E-state index contributed by atoms with van der Waals surface area (Å²) in [7, 11) is -3.74. The molecule has 0 saturated heterocycles. The Morgan fingerprint density at radius 2 is 2.24 bits per heavy atom. The molecule has 21 heavy (non-hydrogen) atoms. The molecule has 0 bridgehead atoms. The smallest absolute Gasteiger partial charge is 0.264 e. The SMILES string of the molecule is CCCn1cc(S(=O)(=O)Nc2ncccc2Br)cc1CO. The van der Waals surface area contributed by atoms with E-state index in [1.807, 2.05) is 6.92 Å². The summed E-state index contributed by atoms with van der Waals surface area (Å²) < 4.78 is 29.5. The summed E-state index contributed by atoms with van der Waals surface area (Å²) in [6.45, 7) is 2.43. The van der Waals surface area contributed by atoms with Gasteiger partial charge in [-0.25, -0.2) is 13.4 Å². The molecule has 0 atom stereocenters. The van der Waals surface area contributed by atoms with E-state index >= 15 is 0 Å². The van der Waals surface area contributed by atoms with Crippen molar-refractivity contribution in [3.05, 3.63) is 40.8 Å². The second-order valence-corrected chi connectivity index (χ2v) is 6.99. The van der Waals surface area contributed by atoms with Crippen LogP contribution < -0.4 is 4.72 Å². The number of hydrogen-bond donors (Lipinski definition) is 2. The predicted octanol–water partition coefficient (Wildman–Crippen LogP) is 2.35. The Morgan fingerprint density at radius 1 is 1.48 bits per heavy atom. The number of pyridine rings is 1. The minimum absolute atomic E-state index is 0.109. The van der Waals surface area contributed by atoms with E-state index in [2.05, 4.69) is 25.6 Å².